The van der Waals surface area contributed by atoms with Gasteiger partial charge >= 0.3 is 0 Å². The van der Waals surface area contributed by atoms with Crippen LogP contribution in [0.1, 0.15) is 19.8 Å². The summed E-state index contributed by atoms with van der Waals surface area (Å²) in [6.07, 6.45) is 0.372. The van der Waals surface area contributed by atoms with E-state index in [1.807, 2.05) is 0 Å². The van der Waals surface area contributed by atoms with Crippen molar-refractivity contribution in [1.82, 2.24) is 20.6 Å². The number of carbonyl (C=O) groups is 2. The van der Waals surface area contributed by atoms with Crippen LogP contribution in [0.3, 0.4) is 0 Å². The van der Waals surface area contributed by atoms with E-state index in [4.69, 9.17) is 5.73 Å². The van der Waals surface area contributed by atoms with E-state index in [0.29, 0.717) is 0 Å². The summed E-state index contributed by atoms with van der Waals surface area (Å²) in [6, 6.07) is 0. The molecule has 0 unspecified atom stereocenters. The molecule has 1 rings (SSSR count). The molecule has 15 heavy (non-hydrogen) atoms. The lowest BCUT2D eigenvalue weighted by Crippen LogP contribution is -2.20. The number of tetrazole rings is 1. The van der Waals surface area contributed by atoms with Crippen LogP contribution in [0.4, 0.5) is 5.95 Å². The molecule has 4 N–H and O–H groups in total. The van der Waals surface area contributed by atoms with Gasteiger partial charge in [-0.15, -0.1) is 5.10 Å². The normalized spacial score (nSPS) is 12.1. The van der Waals surface area contributed by atoms with Gasteiger partial charge in [0.15, 0.2) is 0 Å². The molecule has 82 valence electrons. The second-order valence-corrected chi connectivity index (χ2v) is 3.26. The molecule has 0 aliphatic heterocycles. The number of aromatic amines is 1. The predicted molar refractivity (Wildman–Crippen MR) is 50.4 cm³/mol. The SMILES string of the molecule is C[C@H](CC(N)=O)CC(=O)Nc1nn[nH]n1. The molecule has 0 saturated carbocycles. The van der Waals surface area contributed by atoms with Gasteiger partial charge < -0.3 is 5.73 Å². The number of rotatable bonds is 5. The van der Waals surface area contributed by atoms with Gasteiger partial charge in [-0.3, -0.25) is 14.9 Å². The molecule has 1 aromatic rings. The maximum atomic E-state index is 11.3. The number of H-pyrrole nitrogens is 1. The maximum absolute atomic E-state index is 11.3. The first kappa shape index (κ1) is 11.1. The number of carbonyl (C=O) groups excluding carboxylic acids is 2. The van der Waals surface area contributed by atoms with E-state index >= 15 is 0 Å². The Morgan fingerprint density at radius 2 is 2.27 bits per heavy atom. The van der Waals surface area contributed by atoms with Gasteiger partial charge in [0, 0.05) is 12.8 Å². The molecule has 0 bridgehead atoms. The number of amides is 2. The minimum absolute atomic E-state index is 0.102. The van der Waals surface area contributed by atoms with Gasteiger partial charge in [-0.1, -0.05) is 12.0 Å². The van der Waals surface area contributed by atoms with E-state index in [2.05, 4.69) is 25.9 Å². The lowest BCUT2D eigenvalue weighted by molar-refractivity contribution is -0.119. The van der Waals surface area contributed by atoms with Crippen LogP contribution in [-0.4, -0.2) is 32.4 Å². The van der Waals surface area contributed by atoms with Gasteiger partial charge in [-0.05, 0) is 11.1 Å². The van der Waals surface area contributed by atoms with Crippen molar-refractivity contribution in [3.05, 3.63) is 0 Å². The summed E-state index contributed by atoms with van der Waals surface area (Å²) in [7, 11) is 0. The minimum Gasteiger partial charge on any atom is -0.370 e. The quantitative estimate of drug-likeness (QED) is 0.579. The number of hydrogen-bond donors (Lipinski definition) is 3. The first-order valence-electron chi connectivity index (χ1n) is 4.39. The fourth-order valence-electron chi connectivity index (χ4n) is 1.12. The maximum Gasteiger partial charge on any atom is 0.269 e. The van der Waals surface area contributed by atoms with Gasteiger partial charge in [-0.25, -0.2) is 0 Å². The van der Waals surface area contributed by atoms with E-state index < -0.39 is 5.91 Å². The lowest BCUT2D eigenvalue weighted by atomic mass is 10.0. The number of nitrogens with zero attached hydrogens (tertiary/aromatic N) is 3. The highest BCUT2D eigenvalue weighted by Gasteiger charge is 2.12. The van der Waals surface area contributed by atoms with Crippen LogP contribution in [0, 0.1) is 5.92 Å². The van der Waals surface area contributed by atoms with E-state index in [0.717, 1.165) is 0 Å². The summed E-state index contributed by atoms with van der Waals surface area (Å²) < 4.78 is 0. The molecule has 0 fully saturated rings. The van der Waals surface area contributed by atoms with Crippen molar-refractivity contribution in [2.75, 3.05) is 5.32 Å². The zero-order chi connectivity index (χ0) is 11.3. The molecular weight excluding hydrogens is 200 g/mol. The second-order valence-electron chi connectivity index (χ2n) is 3.26. The van der Waals surface area contributed by atoms with Gasteiger partial charge in [0.1, 0.15) is 0 Å². The average molecular weight is 212 g/mol. The second kappa shape index (κ2) is 5.03. The van der Waals surface area contributed by atoms with Crippen LogP contribution in [0.5, 0.6) is 0 Å². The molecule has 0 saturated heterocycles. The Hall–Kier alpha value is -1.99. The van der Waals surface area contributed by atoms with Gasteiger partial charge in [0.2, 0.25) is 11.8 Å². The Kier molecular flexibility index (Phi) is 3.72. The molecule has 1 atom stereocenters. The van der Waals surface area contributed by atoms with Crippen LogP contribution in [0.2, 0.25) is 0 Å². The number of aromatic nitrogens is 4. The monoisotopic (exact) mass is 212 g/mol. The first-order chi connectivity index (χ1) is 7.08. The molecule has 0 aliphatic carbocycles. The molecule has 0 radical (unpaired) electrons. The third-order valence-corrected chi connectivity index (χ3v) is 1.68. The van der Waals surface area contributed by atoms with Gasteiger partial charge in [0.25, 0.3) is 5.95 Å². The van der Waals surface area contributed by atoms with E-state index in [-0.39, 0.29) is 30.6 Å². The average Bonchev–Trinajstić information content (AvgIpc) is 2.53. The smallest absolute Gasteiger partial charge is 0.269 e. The van der Waals surface area contributed by atoms with Crippen molar-refractivity contribution in [2.24, 2.45) is 11.7 Å². The molecule has 0 spiro atoms. The Balaban J connectivity index is 2.33. The molecular formula is C7H12N6O2. The fraction of sp³-hybridized carbons (Fsp3) is 0.571. The molecule has 0 aliphatic rings. The van der Waals surface area contributed by atoms with Gasteiger partial charge in [0.05, 0.1) is 0 Å². The number of primary amides is 1. The van der Waals surface area contributed by atoms with Crippen molar-refractivity contribution in [3.8, 4) is 0 Å². The van der Waals surface area contributed by atoms with Crippen LogP contribution in [0.15, 0.2) is 0 Å². The molecule has 8 heteroatoms. The summed E-state index contributed by atoms with van der Waals surface area (Å²) in [5, 5.41) is 15.0. The van der Waals surface area contributed by atoms with Crippen LogP contribution < -0.4 is 11.1 Å². The third-order valence-electron chi connectivity index (χ3n) is 1.68. The first-order valence-corrected chi connectivity index (χ1v) is 4.39. The standard InChI is InChI=1S/C7H12N6O2/c1-4(2-5(8)14)3-6(15)9-7-10-12-13-11-7/h4H,2-3H2,1H3,(H2,8,14)(H2,9,10,11,12,13,15)/t4-/m1/s1. The highest BCUT2D eigenvalue weighted by Crippen LogP contribution is 2.07. The van der Waals surface area contributed by atoms with Crippen LogP contribution in [-0.2, 0) is 9.59 Å². The third kappa shape index (κ3) is 4.16. The van der Waals surface area contributed by atoms with Crippen molar-refractivity contribution in [3.63, 3.8) is 0 Å². The number of anilines is 1. The van der Waals surface area contributed by atoms with Crippen LogP contribution >= 0.6 is 0 Å². The molecule has 1 aromatic heterocycles. The van der Waals surface area contributed by atoms with Crippen LogP contribution in [0.25, 0.3) is 0 Å². The Morgan fingerprint density at radius 1 is 1.53 bits per heavy atom. The Bertz CT molecular complexity index is 335. The molecule has 1 heterocycles. The summed E-state index contributed by atoms with van der Waals surface area (Å²) in [5.41, 5.74) is 4.99. The molecule has 8 nitrogen and oxygen atoms in total. The number of hydrogen-bond acceptors (Lipinski definition) is 5. The Labute approximate surface area is 85.6 Å². The topological polar surface area (TPSA) is 127 Å². The molecule has 2 amide bonds. The number of nitrogens with one attached hydrogen (secondary N) is 2. The zero-order valence-corrected chi connectivity index (χ0v) is 8.23. The minimum atomic E-state index is -0.421. The summed E-state index contributed by atoms with van der Waals surface area (Å²) in [4.78, 5) is 21.9. The van der Waals surface area contributed by atoms with Crippen molar-refractivity contribution in [2.45, 2.75) is 19.8 Å². The van der Waals surface area contributed by atoms with Gasteiger partial charge in [-0.2, -0.15) is 5.21 Å². The highest BCUT2D eigenvalue weighted by molar-refractivity contribution is 5.89. The highest BCUT2D eigenvalue weighted by atomic mass is 16.2. The van der Waals surface area contributed by atoms with Crippen molar-refractivity contribution >= 4 is 17.8 Å². The van der Waals surface area contributed by atoms with Crippen molar-refractivity contribution < 1.29 is 9.59 Å². The summed E-state index contributed by atoms with van der Waals surface area (Å²) in [5.74, 6) is -0.680. The summed E-state index contributed by atoms with van der Waals surface area (Å²) >= 11 is 0. The fourth-order valence-corrected chi connectivity index (χ4v) is 1.12. The number of nitrogens with two attached hydrogens (primary N) is 1. The molecule has 0 aromatic carbocycles. The van der Waals surface area contributed by atoms with Crippen molar-refractivity contribution in [1.29, 1.82) is 0 Å². The van der Waals surface area contributed by atoms with E-state index in [9.17, 15) is 9.59 Å². The summed E-state index contributed by atoms with van der Waals surface area (Å²) in [6.45, 7) is 1.76. The van der Waals surface area contributed by atoms with E-state index in [1.165, 1.54) is 0 Å². The lowest BCUT2D eigenvalue weighted by Gasteiger charge is -2.07. The van der Waals surface area contributed by atoms with E-state index in [1.54, 1.807) is 6.92 Å². The largest absolute Gasteiger partial charge is 0.370 e. The Morgan fingerprint density at radius 3 is 2.80 bits per heavy atom. The zero-order valence-electron chi connectivity index (χ0n) is 8.23. The predicted octanol–water partition coefficient (Wildman–Crippen LogP) is -0.960.